The smallest absolute Gasteiger partial charge is 0.207 e. The van der Waals surface area contributed by atoms with E-state index in [9.17, 15) is 0 Å². The minimum absolute atomic E-state index is 0.545. The Morgan fingerprint density at radius 2 is 1.75 bits per heavy atom. The molecule has 0 atom stereocenters. The molecule has 0 radical (unpaired) electrons. The zero-order valence-corrected chi connectivity index (χ0v) is 12.7. The number of hydrogen-bond acceptors (Lipinski definition) is 2. The summed E-state index contributed by atoms with van der Waals surface area (Å²) in [5.74, 6) is 0.857. The number of nitrogens with zero attached hydrogens (tertiary/aromatic N) is 2. The predicted molar refractivity (Wildman–Crippen MR) is 84.1 cm³/mol. The summed E-state index contributed by atoms with van der Waals surface area (Å²) in [6.07, 6.45) is 10.3. The molecule has 3 rings (SSSR count). The topological polar surface area (TPSA) is 29.9 Å². The van der Waals surface area contributed by atoms with Crippen molar-refractivity contribution < 1.29 is 0 Å². The first-order chi connectivity index (χ1) is 9.72. The van der Waals surface area contributed by atoms with Gasteiger partial charge in [-0.3, -0.25) is 0 Å². The van der Waals surface area contributed by atoms with Crippen molar-refractivity contribution in [3.05, 3.63) is 40.6 Å². The number of anilines is 2. The van der Waals surface area contributed by atoms with Gasteiger partial charge in [-0.05, 0) is 31.0 Å². The van der Waals surface area contributed by atoms with Gasteiger partial charge in [-0.2, -0.15) is 0 Å². The summed E-state index contributed by atoms with van der Waals surface area (Å²) in [5, 5.41) is 4.56. The van der Waals surface area contributed by atoms with Crippen LogP contribution in [0.15, 0.2) is 30.6 Å². The van der Waals surface area contributed by atoms with Crippen molar-refractivity contribution in [2.45, 2.75) is 38.1 Å². The van der Waals surface area contributed by atoms with Crippen LogP contribution in [0.1, 0.15) is 38.1 Å². The molecule has 0 aliphatic heterocycles. The molecule has 1 aromatic heterocycles. The highest BCUT2D eigenvalue weighted by Crippen LogP contribution is 2.31. The molecule has 0 amide bonds. The van der Waals surface area contributed by atoms with Crippen molar-refractivity contribution in [3.8, 4) is 0 Å². The predicted octanol–water partition coefficient (Wildman–Crippen LogP) is 5.44. The lowest BCUT2D eigenvalue weighted by molar-refractivity contribution is 0.356. The molecular weight excluding hydrogens is 293 g/mol. The molecule has 0 saturated heterocycles. The maximum atomic E-state index is 6.03. The summed E-state index contributed by atoms with van der Waals surface area (Å²) in [6.45, 7) is 0. The normalized spacial score (nSPS) is 16.3. The monoisotopic (exact) mass is 309 g/mol. The van der Waals surface area contributed by atoms with Crippen LogP contribution in [0.25, 0.3) is 0 Å². The molecular formula is C15H17Cl2N3. The van der Waals surface area contributed by atoms with Crippen LogP contribution in [-0.4, -0.2) is 9.55 Å². The molecule has 2 aromatic rings. The van der Waals surface area contributed by atoms with Gasteiger partial charge < -0.3 is 9.88 Å². The van der Waals surface area contributed by atoms with Crippen molar-refractivity contribution in [2.24, 2.45) is 0 Å². The third kappa shape index (κ3) is 3.10. The fraction of sp³-hybridized carbons (Fsp3) is 0.400. The molecule has 1 heterocycles. The molecule has 106 valence electrons. The second kappa shape index (κ2) is 6.06. The first kappa shape index (κ1) is 13.8. The third-order valence-corrected chi connectivity index (χ3v) is 4.19. The van der Waals surface area contributed by atoms with Crippen molar-refractivity contribution in [2.75, 3.05) is 5.32 Å². The highest BCUT2D eigenvalue weighted by atomic mass is 35.5. The van der Waals surface area contributed by atoms with Crippen molar-refractivity contribution in [1.29, 1.82) is 0 Å². The van der Waals surface area contributed by atoms with Gasteiger partial charge in [-0.25, -0.2) is 4.98 Å². The molecule has 1 saturated carbocycles. The maximum absolute atomic E-state index is 6.03. The number of hydrogen-bond donors (Lipinski definition) is 1. The van der Waals surface area contributed by atoms with Crippen molar-refractivity contribution in [1.82, 2.24) is 9.55 Å². The lowest BCUT2D eigenvalue weighted by Crippen LogP contribution is -2.14. The Labute approximate surface area is 128 Å². The second-order valence-corrected chi connectivity index (χ2v) is 6.11. The van der Waals surface area contributed by atoms with Crippen molar-refractivity contribution in [3.63, 3.8) is 0 Å². The van der Waals surface area contributed by atoms with E-state index in [0.29, 0.717) is 16.1 Å². The van der Waals surface area contributed by atoms with E-state index >= 15 is 0 Å². The van der Waals surface area contributed by atoms with Gasteiger partial charge in [0.2, 0.25) is 5.95 Å². The fourth-order valence-electron chi connectivity index (χ4n) is 2.82. The third-order valence-electron chi connectivity index (χ3n) is 3.76. The van der Waals surface area contributed by atoms with E-state index in [1.165, 1.54) is 32.1 Å². The maximum Gasteiger partial charge on any atom is 0.207 e. The SMILES string of the molecule is Clc1cc(Cl)cc(Nc2nccn2C2CCCCC2)c1. The van der Waals surface area contributed by atoms with Crippen molar-refractivity contribution >= 4 is 34.8 Å². The number of rotatable bonds is 3. The summed E-state index contributed by atoms with van der Waals surface area (Å²) in [7, 11) is 0. The highest BCUT2D eigenvalue weighted by molar-refractivity contribution is 6.35. The minimum Gasteiger partial charge on any atom is -0.326 e. The zero-order valence-electron chi connectivity index (χ0n) is 11.1. The first-order valence-electron chi connectivity index (χ1n) is 6.98. The summed E-state index contributed by atoms with van der Waals surface area (Å²) in [5.41, 5.74) is 0.866. The average Bonchev–Trinajstić information content (AvgIpc) is 2.86. The highest BCUT2D eigenvalue weighted by Gasteiger charge is 2.17. The Bertz CT molecular complexity index is 568. The van der Waals surface area contributed by atoms with Crippen LogP contribution >= 0.6 is 23.2 Å². The van der Waals surface area contributed by atoms with Gasteiger partial charge in [0.15, 0.2) is 0 Å². The zero-order chi connectivity index (χ0) is 13.9. The van der Waals surface area contributed by atoms with Gasteiger partial charge >= 0.3 is 0 Å². The summed E-state index contributed by atoms with van der Waals surface area (Å²) in [6, 6.07) is 5.98. The van der Waals surface area contributed by atoms with E-state index in [4.69, 9.17) is 23.2 Å². The van der Waals surface area contributed by atoms with Crippen LogP contribution in [0.3, 0.4) is 0 Å². The van der Waals surface area contributed by atoms with Gasteiger partial charge in [0, 0.05) is 34.2 Å². The van der Waals surface area contributed by atoms with E-state index in [2.05, 4.69) is 14.9 Å². The number of nitrogens with one attached hydrogen (secondary N) is 1. The molecule has 1 N–H and O–H groups in total. The number of halogens is 2. The first-order valence-corrected chi connectivity index (χ1v) is 7.74. The Hall–Kier alpha value is -1.19. The van der Waals surface area contributed by atoms with E-state index in [1.54, 1.807) is 6.07 Å². The van der Waals surface area contributed by atoms with Crippen LogP contribution in [0.5, 0.6) is 0 Å². The molecule has 1 fully saturated rings. The molecule has 20 heavy (non-hydrogen) atoms. The molecule has 1 aromatic carbocycles. The number of aromatic nitrogens is 2. The quantitative estimate of drug-likeness (QED) is 0.818. The molecule has 5 heteroatoms. The molecule has 1 aliphatic rings. The number of benzene rings is 1. The van der Waals surface area contributed by atoms with E-state index in [0.717, 1.165) is 11.6 Å². The molecule has 1 aliphatic carbocycles. The summed E-state index contributed by atoms with van der Waals surface area (Å²) < 4.78 is 2.23. The Morgan fingerprint density at radius 1 is 1.05 bits per heavy atom. The lowest BCUT2D eigenvalue weighted by atomic mass is 9.95. The van der Waals surface area contributed by atoms with Crippen LogP contribution in [0.4, 0.5) is 11.6 Å². The number of imidazole rings is 1. The second-order valence-electron chi connectivity index (χ2n) is 5.23. The molecule has 0 unspecified atom stereocenters. The van der Waals surface area contributed by atoms with Gasteiger partial charge in [0.1, 0.15) is 0 Å². The van der Waals surface area contributed by atoms with Crippen LogP contribution in [-0.2, 0) is 0 Å². The van der Waals surface area contributed by atoms with E-state index in [1.807, 2.05) is 24.5 Å². The van der Waals surface area contributed by atoms with E-state index < -0.39 is 0 Å². The van der Waals surface area contributed by atoms with Gasteiger partial charge in [0.05, 0.1) is 0 Å². The van der Waals surface area contributed by atoms with Crippen LogP contribution in [0.2, 0.25) is 10.0 Å². The summed E-state index contributed by atoms with van der Waals surface area (Å²) in [4.78, 5) is 4.41. The molecule has 0 spiro atoms. The minimum atomic E-state index is 0.545. The van der Waals surface area contributed by atoms with E-state index in [-0.39, 0.29) is 0 Å². The summed E-state index contributed by atoms with van der Waals surface area (Å²) >= 11 is 12.1. The standard InChI is InChI=1S/C15H17Cl2N3/c16-11-8-12(17)10-13(9-11)19-15-18-6-7-20(15)14-4-2-1-3-5-14/h6-10,14H,1-5H2,(H,18,19). The Kier molecular flexibility index (Phi) is 4.18. The Morgan fingerprint density at radius 3 is 2.45 bits per heavy atom. The van der Waals surface area contributed by atoms with Gasteiger partial charge in [0.25, 0.3) is 0 Å². The van der Waals surface area contributed by atoms with Crippen LogP contribution < -0.4 is 5.32 Å². The average molecular weight is 310 g/mol. The molecule has 0 bridgehead atoms. The fourth-order valence-corrected chi connectivity index (χ4v) is 3.34. The Balaban J connectivity index is 1.82. The largest absolute Gasteiger partial charge is 0.326 e. The van der Waals surface area contributed by atoms with Gasteiger partial charge in [-0.15, -0.1) is 0 Å². The van der Waals surface area contributed by atoms with Crippen LogP contribution in [0, 0.1) is 0 Å². The lowest BCUT2D eigenvalue weighted by Gasteiger charge is -2.24. The van der Waals surface area contributed by atoms with Gasteiger partial charge in [-0.1, -0.05) is 42.5 Å². The molecule has 3 nitrogen and oxygen atoms in total.